The topological polar surface area (TPSA) is 80.9 Å². The van der Waals surface area contributed by atoms with Crippen molar-refractivity contribution in [1.82, 2.24) is 0 Å². The summed E-state index contributed by atoms with van der Waals surface area (Å²) in [6, 6.07) is 0. The van der Waals surface area contributed by atoms with Gasteiger partial charge in [0.05, 0.1) is 0 Å². The molecule has 48 valence electrons. The molecule has 4 nitrogen and oxygen atoms in total. The van der Waals surface area contributed by atoms with Crippen molar-refractivity contribution in [3.05, 3.63) is 0 Å². The zero-order valence-electron chi connectivity index (χ0n) is 4.00. The minimum absolute atomic E-state index is 0. The van der Waals surface area contributed by atoms with Crippen molar-refractivity contribution < 1.29 is 67.1 Å². The third kappa shape index (κ3) is 75.3. The van der Waals surface area contributed by atoms with Gasteiger partial charge in [-0.3, -0.25) is 0 Å². The van der Waals surface area contributed by atoms with E-state index < -0.39 is 9.05 Å². The van der Waals surface area contributed by atoms with E-state index in [1.54, 1.807) is 0 Å². The van der Waals surface area contributed by atoms with Crippen molar-refractivity contribution >= 4 is 35.3 Å². The van der Waals surface area contributed by atoms with Gasteiger partial charge in [-0.05, 0) is 0 Å². The molecular weight excluding hydrogens is 440 g/mol. The summed E-state index contributed by atoms with van der Waals surface area (Å²) in [7, 11) is -4.61. The summed E-state index contributed by atoms with van der Waals surface area (Å²) in [5.74, 6) is 0. The Balaban J connectivity index is -0.0000000267. The zero-order chi connectivity index (χ0) is 4.50. The van der Waals surface area contributed by atoms with Crippen molar-refractivity contribution in [3.8, 4) is 0 Å². The molecule has 4 N–H and O–H groups in total. The first-order valence-corrected chi connectivity index (χ1v) is 2.68. The van der Waals surface area contributed by atoms with Crippen LogP contribution in [0.1, 0.15) is 0 Å². The summed E-state index contributed by atoms with van der Waals surface area (Å²) < 4.78 is 0. The van der Waals surface area contributed by atoms with Gasteiger partial charge in [-0.15, -0.1) is 0 Å². The molecule has 0 spiro atoms. The van der Waals surface area contributed by atoms with Gasteiger partial charge < -0.3 is 19.2 Å². The standard InChI is InChI=1S/Bi.H4O4Si.Ti.Zr.3H/c;1-5(2,3)4;;;;;/h;1-4H;;;;;. The quantitative estimate of drug-likeness (QED) is 0.288. The normalized spacial score (nSPS) is 7.50. The zero-order valence-corrected chi connectivity index (χ0v) is 14.5. The number of rotatable bonds is 0. The SMILES string of the molecule is O[Si](O)(O)O.[BiH3].[Ti].[Zr]. The number of hydrogen-bond donors (Lipinski definition) is 4. The predicted molar refractivity (Wildman–Crippen MR) is 24.6 cm³/mol. The van der Waals surface area contributed by atoms with Crippen LogP contribution in [0.4, 0.5) is 0 Å². The molecule has 0 amide bonds. The van der Waals surface area contributed by atoms with Crippen LogP contribution in [0.3, 0.4) is 0 Å². The molecule has 8 heteroatoms. The molecule has 0 rings (SSSR count). The molecule has 0 aliphatic heterocycles. The van der Waals surface area contributed by atoms with Crippen molar-refractivity contribution in [3.63, 3.8) is 0 Å². The van der Waals surface area contributed by atoms with E-state index in [1.165, 1.54) is 0 Å². The van der Waals surface area contributed by atoms with Gasteiger partial charge in [0.15, 0.2) is 0 Å². The first-order valence-electron chi connectivity index (χ1n) is 0.894. The van der Waals surface area contributed by atoms with Crippen LogP contribution in [0.2, 0.25) is 0 Å². The fourth-order valence-electron chi connectivity index (χ4n) is 0. The molecule has 0 unspecified atom stereocenters. The number of hydrogen-bond acceptors (Lipinski definition) is 4. The van der Waals surface area contributed by atoms with Crippen LogP contribution in [0.5, 0.6) is 0 Å². The van der Waals surface area contributed by atoms with Crippen molar-refractivity contribution in [2.24, 2.45) is 0 Å². The fourth-order valence-corrected chi connectivity index (χ4v) is 0. The van der Waals surface area contributed by atoms with Gasteiger partial charge in [0.25, 0.3) is 0 Å². The van der Waals surface area contributed by atoms with Gasteiger partial charge in [-0.1, -0.05) is 0 Å². The maximum absolute atomic E-state index is 7.33. The Morgan fingerprint density at radius 2 is 0.875 bits per heavy atom. The second kappa shape index (κ2) is 9.54. The first kappa shape index (κ1) is 22.4. The van der Waals surface area contributed by atoms with E-state index in [9.17, 15) is 0 Å². The van der Waals surface area contributed by atoms with Gasteiger partial charge in [0.1, 0.15) is 0 Å². The average molecular weight is 447 g/mol. The molecule has 0 aromatic rings. The minimum Gasteiger partial charge on any atom is 0 e. The summed E-state index contributed by atoms with van der Waals surface area (Å²) in [6.07, 6.45) is 0. The van der Waals surface area contributed by atoms with E-state index in [0.717, 1.165) is 0 Å². The molecular formula is H7BiO4SiTiZr. The summed E-state index contributed by atoms with van der Waals surface area (Å²) in [4.78, 5) is 29.3. The van der Waals surface area contributed by atoms with Crippen LogP contribution >= 0.6 is 0 Å². The Bertz CT molecular complexity index is 31.5. The van der Waals surface area contributed by atoms with Gasteiger partial charge in [-0.2, -0.15) is 0 Å². The van der Waals surface area contributed by atoms with Crippen LogP contribution in [0, 0.1) is 0 Å². The van der Waals surface area contributed by atoms with Crippen LogP contribution < -0.4 is 0 Å². The van der Waals surface area contributed by atoms with E-state index in [2.05, 4.69) is 0 Å². The molecule has 0 atom stereocenters. The third-order valence-corrected chi connectivity index (χ3v) is 0. The monoisotopic (exact) mass is 446 g/mol. The molecule has 0 aromatic carbocycles. The van der Waals surface area contributed by atoms with Gasteiger partial charge in [0, 0.05) is 47.9 Å². The van der Waals surface area contributed by atoms with Crippen molar-refractivity contribution in [1.29, 1.82) is 0 Å². The Morgan fingerprint density at radius 1 is 0.875 bits per heavy atom. The molecule has 0 heterocycles. The molecule has 0 saturated heterocycles. The summed E-state index contributed by atoms with van der Waals surface area (Å²) in [5.41, 5.74) is 0. The molecule has 0 aromatic heterocycles. The largest absolute Gasteiger partial charge is 0 e. The fraction of sp³-hybridized carbons (Fsp3) is 0. The first-order chi connectivity index (χ1) is 2.00. The van der Waals surface area contributed by atoms with Gasteiger partial charge >= 0.3 is 35.3 Å². The third-order valence-electron chi connectivity index (χ3n) is 0. The van der Waals surface area contributed by atoms with Crippen molar-refractivity contribution in [2.75, 3.05) is 0 Å². The minimum atomic E-state index is -4.61. The smallest absolute Gasteiger partial charge is 0 e. The predicted octanol–water partition coefficient (Wildman–Crippen LogP) is -3.80. The second-order valence-corrected chi connectivity index (χ2v) is 1.80. The van der Waals surface area contributed by atoms with Crippen LogP contribution in [0.15, 0.2) is 0 Å². The average Bonchev–Trinajstić information content (AvgIpc) is 0.722. The van der Waals surface area contributed by atoms with Gasteiger partial charge in [0.2, 0.25) is 0 Å². The second-order valence-electron chi connectivity index (χ2n) is 0.600. The van der Waals surface area contributed by atoms with Crippen LogP contribution in [-0.2, 0) is 47.9 Å². The molecule has 0 aliphatic carbocycles. The Kier molecular flexibility index (Phi) is 26.7. The van der Waals surface area contributed by atoms with E-state index in [0.29, 0.717) is 0 Å². The summed E-state index contributed by atoms with van der Waals surface area (Å²) in [5, 5.41) is 0. The van der Waals surface area contributed by atoms with E-state index >= 15 is 0 Å². The molecule has 0 fully saturated rings. The van der Waals surface area contributed by atoms with Crippen LogP contribution in [0.25, 0.3) is 0 Å². The summed E-state index contributed by atoms with van der Waals surface area (Å²) in [6.45, 7) is 0. The van der Waals surface area contributed by atoms with Crippen molar-refractivity contribution in [2.45, 2.75) is 0 Å². The van der Waals surface area contributed by atoms with Gasteiger partial charge in [-0.25, -0.2) is 0 Å². The Hall–Kier alpha value is 2.54. The Labute approximate surface area is 101 Å². The van der Waals surface area contributed by atoms with E-state index in [1.807, 2.05) is 0 Å². The van der Waals surface area contributed by atoms with Crippen LogP contribution in [-0.4, -0.2) is 54.4 Å². The molecule has 0 saturated carbocycles. The molecule has 8 heavy (non-hydrogen) atoms. The molecule has 0 radical (unpaired) electrons. The van der Waals surface area contributed by atoms with E-state index in [-0.39, 0.29) is 74.1 Å². The molecule has 0 bridgehead atoms. The van der Waals surface area contributed by atoms with E-state index in [4.69, 9.17) is 19.2 Å². The molecule has 0 aliphatic rings. The maximum atomic E-state index is 7.33. The maximum Gasteiger partial charge on any atom is 0 e. The summed E-state index contributed by atoms with van der Waals surface area (Å²) >= 11 is 0. The Morgan fingerprint density at radius 3 is 0.875 bits per heavy atom.